The van der Waals surface area contributed by atoms with E-state index in [0.29, 0.717) is 37.5 Å². The van der Waals surface area contributed by atoms with E-state index in [1.807, 2.05) is 35.2 Å². The zero-order valence-electron chi connectivity index (χ0n) is 21.3. The SMILES string of the molecule is CCCN(CCC)C(=O)C1=CC=CC(C(N)=O)([C@H](Cc2ccccc2)[C@@H](O)CNCC(C)C)C1. The van der Waals surface area contributed by atoms with Crippen molar-refractivity contribution >= 4 is 11.8 Å². The van der Waals surface area contributed by atoms with Gasteiger partial charge in [-0.1, -0.05) is 76.3 Å². The Kier molecular flexibility index (Phi) is 11.0. The van der Waals surface area contributed by atoms with Gasteiger partial charge < -0.3 is 21.1 Å². The lowest BCUT2D eigenvalue weighted by molar-refractivity contribution is -0.132. The molecule has 1 aliphatic rings. The molecule has 0 saturated carbocycles. The van der Waals surface area contributed by atoms with Crippen molar-refractivity contribution in [1.29, 1.82) is 0 Å². The van der Waals surface area contributed by atoms with Gasteiger partial charge in [0.2, 0.25) is 11.8 Å². The van der Waals surface area contributed by atoms with Crippen LogP contribution in [0.3, 0.4) is 0 Å². The van der Waals surface area contributed by atoms with Crippen LogP contribution < -0.4 is 11.1 Å². The van der Waals surface area contributed by atoms with Crippen LogP contribution in [-0.2, 0) is 16.0 Å². The Hall–Kier alpha value is -2.44. The van der Waals surface area contributed by atoms with Crippen LogP contribution in [0.5, 0.6) is 0 Å². The third kappa shape index (κ3) is 7.28. The monoisotopic (exact) mass is 469 g/mol. The Morgan fingerprint density at radius 1 is 1.12 bits per heavy atom. The van der Waals surface area contributed by atoms with E-state index in [9.17, 15) is 14.7 Å². The molecule has 2 amide bonds. The molecule has 1 unspecified atom stereocenters. The number of hydrogen-bond acceptors (Lipinski definition) is 4. The lowest BCUT2D eigenvalue weighted by Crippen LogP contribution is -2.51. The molecular weight excluding hydrogens is 426 g/mol. The first-order valence-corrected chi connectivity index (χ1v) is 12.6. The number of carbonyl (C=O) groups excluding carboxylic acids is 2. The topological polar surface area (TPSA) is 95.7 Å². The Bertz CT molecular complexity index is 844. The quantitative estimate of drug-likeness (QED) is 0.389. The molecular formula is C28H43N3O3. The third-order valence-corrected chi connectivity index (χ3v) is 6.51. The smallest absolute Gasteiger partial charge is 0.249 e. The van der Waals surface area contributed by atoms with Gasteiger partial charge >= 0.3 is 0 Å². The predicted molar refractivity (Wildman–Crippen MR) is 138 cm³/mol. The van der Waals surface area contributed by atoms with E-state index in [1.54, 1.807) is 18.2 Å². The highest BCUT2D eigenvalue weighted by molar-refractivity contribution is 5.96. The molecule has 0 bridgehead atoms. The van der Waals surface area contributed by atoms with Crippen LogP contribution in [0.2, 0.25) is 0 Å². The summed E-state index contributed by atoms with van der Waals surface area (Å²) in [6.07, 6.45) is 6.96. The van der Waals surface area contributed by atoms with Crippen LogP contribution in [0.1, 0.15) is 52.5 Å². The Morgan fingerprint density at radius 3 is 2.32 bits per heavy atom. The first-order valence-electron chi connectivity index (χ1n) is 12.6. The number of allylic oxidation sites excluding steroid dienone is 2. The number of aliphatic hydroxyl groups is 1. The molecule has 4 N–H and O–H groups in total. The normalized spacial score (nSPS) is 19.5. The van der Waals surface area contributed by atoms with Gasteiger partial charge in [0.1, 0.15) is 0 Å². The van der Waals surface area contributed by atoms with Gasteiger partial charge in [0, 0.05) is 31.1 Å². The molecule has 1 aromatic rings. The number of aliphatic hydroxyl groups excluding tert-OH is 1. The van der Waals surface area contributed by atoms with Gasteiger partial charge in [-0.15, -0.1) is 0 Å². The fraction of sp³-hybridized carbons (Fsp3) is 0.571. The second-order valence-corrected chi connectivity index (χ2v) is 9.84. The number of primary amides is 1. The van der Waals surface area contributed by atoms with Crippen molar-refractivity contribution in [3.8, 4) is 0 Å². The number of nitrogens with zero attached hydrogens (tertiary/aromatic N) is 1. The minimum absolute atomic E-state index is 0.0513. The number of carbonyl (C=O) groups is 2. The van der Waals surface area contributed by atoms with Crippen LogP contribution in [0.4, 0.5) is 0 Å². The summed E-state index contributed by atoms with van der Waals surface area (Å²) in [4.78, 5) is 28.3. The van der Waals surface area contributed by atoms with Crippen LogP contribution in [0, 0.1) is 17.3 Å². The highest BCUT2D eigenvalue weighted by Crippen LogP contribution is 2.42. The van der Waals surface area contributed by atoms with Crippen molar-refractivity contribution in [2.24, 2.45) is 23.0 Å². The molecule has 6 heteroatoms. The minimum Gasteiger partial charge on any atom is -0.391 e. The highest BCUT2D eigenvalue weighted by atomic mass is 16.3. The maximum Gasteiger partial charge on any atom is 0.249 e. The maximum absolute atomic E-state index is 13.4. The van der Waals surface area contributed by atoms with Crippen LogP contribution in [0.25, 0.3) is 0 Å². The maximum atomic E-state index is 13.4. The molecule has 0 fully saturated rings. The molecule has 0 radical (unpaired) electrons. The molecule has 1 aromatic carbocycles. The lowest BCUT2D eigenvalue weighted by Gasteiger charge is -2.41. The summed E-state index contributed by atoms with van der Waals surface area (Å²) >= 11 is 0. The van der Waals surface area contributed by atoms with E-state index < -0.39 is 23.3 Å². The van der Waals surface area contributed by atoms with Gasteiger partial charge in [-0.05, 0) is 43.7 Å². The van der Waals surface area contributed by atoms with Crippen molar-refractivity contribution in [3.63, 3.8) is 0 Å². The van der Waals surface area contributed by atoms with Crippen LogP contribution in [-0.4, -0.2) is 54.1 Å². The van der Waals surface area contributed by atoms with E-state index in [0.717, 1.165) is 24.9 Å². The zero-order valence-corrected chi connectivity index (χ0v) is 21.3. The Morgan fingerprint density at radius 2 is 1.76 bits per heavy atom. The summed E-state index contributed by atoms with van der Waals surface area (Å²) in [5.41, 5.74) is 6.49. The average Bonchev–Trinajstić information content (AvgIpc) is 2.82. The Balaban J connectivity index is 2.39. The fourth-order valence-corrected chi connectivity index (χ4v) is 4.77. The predicted octanol–water partition coefficient (Wildman–Crippen LogP) is 3.46. The number of amides is 2. The first kappa shape index (κ1) is 27.8. The van der Waals surface area contributed by atoms with Gasteiger partial charge in [-0.3, -0.25) is 9.59 Å². The molecule has 0 spiro atoms. The summed E-state index contributed by atoms with van der Waals surface area (Å²) in [5.74, 6) is -0.603. The fourth-order valence-electron chi connectivity index (χ4n) is 4.77. The van der Waals surface area contributed by atoms with Crippen molar-refractivity contribution in [3.05, 3.63) is 59.7 Å². The third-order valence-electron chi connectivity index (χ3n) is 6.51. The van der Waals surface area contributed by atoms with Crippen molar-refractivity contribution in [1.82, 2.24) is 10.2 Å². The molecule has 34 heavy (non-hydrogen) atoms. The number of nitrogens with two attached hydrogens (primary N) is 1. The molecule has 6 nitrogen and oxygen atoms in total. The summed E-state index contributed by atoms with van der Waals surface area (Å²) in [6, 6.07) is 9.83. The van der Waals surface area contributed by atoms with Crippen LogP contribution >= 0.6 is 0 Å². The molecule has 0 aromatic heterocycles. The molecule has 188 valence electrons. The molecule has 2 rings (SSSR count). The summed E-state index contributed by atoms with van der Waals surface area (Å²) in [7, 11) is 0. The molecule has 1 aliphatic carbocycles. The summed E-state index contributed by atoms with van der Waals surface area (Å²) in [5, 5.41) is 14.6. The zero-order chi connectivity index (χ0) is 25.1. The summed E-state index contributed by atoms with van der Waals surface area (Å²) in [6.45, 7) is 10.8. The second kappa shape index (κ2) is 13.4. The van der Waals surface area contributed by atoms with E-state index in [2.05, 4.69) is 33.0 Å². The average molecular weight is 470 g/mol. The molecule has 0 heterocycles. The van der Waals surface area contributed by atoms with Crippen molar-refractivity contribution in [2.45, 2.75) is 59.5 Å². The number of hydrogen-bond donors (Lipinski definition) is 3. The van der Waals surface area contributed by atoms with Gasteiger partial charge in [-0.2, -0.15) is 0 Å². The Labute approximate surface area is 205 Å². The summed E-state index contributed by atoms with van der Waals surface area (Å²) < 4.78 is 0. The number of nitrogens with one attached hydrogen (secondary N) is 1. The van der Waals surface area contributed by atoms with Gasteiger partial charge in [0.15, 0.2) is 0 Å². The molecule has 0 aliphatic heterocycles. The van der Waals surface area contributed by atoms with E-state index >= 15 is 0 Å². The number of benzene rings is 1. The molecule has 3 atom stereocenters. The van der Waals surface area contributed by atoms with E-state index in [-0.39, 0.29) is 12.3 Å². The standard InChI is InChI=1S/C28H43N3O3/c1-5-15-31(16-6-2)26(33)23-13-10-14-28(18-23,27(29)34)24(17-22-11-8-7-9-12-22)25(32)20-30-19-21(3)4/h7-14,21,24-25,30,32H,5-6,15-20H2,1-4H3,(H2,29,34)/t24-,25+,28?/m1/s1. The largest absolute Gasteiger partial charge is 0.391 e. The van der Waals surface area contributed by atoms with Gasteiger partial charge in [-0.25, -0.2) is 0 Å². The van der Waals surface area contributed by atoms with Crippen LogP contribution in [0.15, 0.2) is 54.1 Å². The highest BCUT2D eigenvalue weighted by Gasteiger charge is 2.47. The van der Waals surface area contributed by atoms with Crippen molar-refractivity contribution in [2.75, 3.05) is 26.2 Å². The first-order chi connectivity index (χ1) is 16.2. The van der Waals surface area contributed by atoms with Gasteiger partial charge in [0.05, 0.1) is 11.5 Å². The van der Waals surface area contributed by atoms with E-state index in [4.69, 9.17) is 5.73 Å². The number of rotatable bonds is 14. The van der Waals surface area contributed by atoms with Gasteiger partial charge in [0.25, 0.3) is 0 Å². The van der Waals surface area contributed by atoms with E-state index in [1.165, 1.54) is 0 Å². The van der Waals surface area contributed by atoms with Crippen molar-refractivity contribution < 1.29 is 14.7 Å². The minimum atomic E-state index is -1.15. The molecule has 0 saturated heterocycles. The lowest BCUT2D eigenvalue weighted by atomic mass is 9.64. The second-order valence-electron chi connectivity index (χ2n) is 9.84.